The lowest BCUT2D eigenvalue weighted by molar-refractivity contribution is 0.538. The second kappa shape index (κ2) is 6.74. The van der Waals surface area contributed by atoms with Crippen LogP contribution in [0.1, 0.15) is 18.9 Å². The van der Waals surface area contributed by atoms with E-state index in [2.05, 4.69) is 37.3 Å². The van der Waals surface area contributed by atoms with E-state index in [-0.39, 0.29) is 0 Å². The number of nitrogens with two attached hydrogens (primary N) is 1. The Morgan fingerprint density at radius 3 is 2.42 bits per heavy atom. The minimum absolute atomic E-state index is 0.641. The second-order valence-corrected chi connectivity index (χ2v) is 5.53. The molecule has 1 unspecified atom stereocenters. The van der Waals surface area contributed by atoms with Crippen molar-refractivity contribution in [3.63, 3.8) is 0 Å². The van der Waals surface area contributed by atoms with Crippen LogP contribution < -0.4 is 5.73 Å². The van der Waals surface area contributed by atoms with Gasteiger partial charge >= 0.3 is 0 Å². The average Bonchev–Trinajstić information content (AvgIpc) is 2.40. The van der Waals surface area contributed by atoms with Crippen molar-refractivity contribution < 1.29 is 0 Å². The number of hydrogen-bond acceptors (Lipinski definition) is 1. The molecule has 0 aliphatic heterocycles. The molecule has 0 spiro atoms. The molecule has 0 aliphatic carbocycles. The van der Waals surface area contributed by atoms with Crippen molar-refractivity contribution in [1.29, 1.82) is 0 Å². The molecule has 2 rings (SSSR count). The Morgan fingerprint density at radius 1 is 1.05 bits per heavy atom. The molecule has 2 heteroatoms. The van der Waals surface area contributed by atoms with Crippen LogP contribution in [0.25, 0.3) is 11.1 Å². The summed E-state index contributed by atoms with van der Waals surface area (Å²) in [5.41, 5.74) is 9.32. The van der Waals surface area contributed by atoms with Gasteiger partial charge in [0.15, 0.2) is 0 Å². The molecule has 0 aliphatic rings. The minimum Gasteiger partial charge on any atom is -0.330 e. The molecule has 0 bridgehead atoms. The summed E-state index contributed by atoms with van der Waals surface area (Å²) in [4.78, 5) is 0. The molecule has 0 aromatic heterocycles. The Labute approximate surface area is 120 Å². The van der Waals surface area contributed by atoms with Crippen molar-refractivity contribution in [3.8, 4) is 11.1 Å². The predicted octanol–water partition coefficient (Wildman–Crippen LogP) is 4.53. The highest BCUT2D eigenvalue weighted by Crippen LogP contribution is 2.23. The van der Waals surface area contributed by atoms with Crippen molar-refractivity contribution in [1.82, 2.24) is 0 Å². The topological polar surface area (TPSA) is 26.0 Å². The molecule has 100 valence electrons. The van der Waals surface area contributed by atoms with Gasteiger partial charge in [-0.3, -0.25) is 0 Å². The molecule has 19 heavy (non-hydrogen) atoms. The quantitative estimate of drug-likeness (QED) is 0.851. The van der Waals surface area contributed by atoms with Gasteiger partial charge in [-0.1, -0.05) is 54.9 Å². The van der Waals surface area contributed by atoms with Crippen LogP contribution in [0.4, 0.5) is 0 Å². The van der Waals surface area contributed by atoms with Gasteiger partial charge in [0.25, 0.3) is 0 Å². The van der Waals surface area contributed by atoms with Crippen LogP contribution in [0.15, 0.2) is 48.5 Å². The monoisotopic (exact) mass is 273 g/mol. The van der Waals surface area contributed by atoms with Gasteiger partial charge in [0.1, 0.15) is 0 Å². The van der Waals surface area contributed by atoms with Gasteiger partial charge in [-0.25, -0.2) is 0 Å². The Bertz CT molecular complexity index is 519. The highest BCUT2D eigenvalue weighted by molar-refractivity contribution is 6.30. The average molecular weight is 274 g/mol. The van der Waals surface area contributed by atoms with Gasteiger partial charge < -0.3 is 5.73 Å². The molecule has 2 aromatic carbocycles. The number of hydrogen-bond donors (Lipinski definition) is 1. The van der Waals surface area contributed by atoms with E-state index in [9.17, 15) is 0 Å². The van der Waals surface area contributed by atoms with Gasteiger partial charge in [-0.15, -0.1) is 0 Å². The first-order chi connectivity index (χ1) is 9.19. The first-order valence-electron chi connectivity index (χ1n) is 6.74. The van der Waals surface area contributed by atoms with Crippen LogP contribution in [-0.2, 0) is 6.42 Å². The fourth-order valence-corrected chi connectivity index (χ4v) is 2.48. The van der Waals surface area contributed by atoms with E-state index in [4.69, 9.17) is 17.3 Å². The zero-order valence-corrected chi connectivity index (χ0v) is 12.0. The van der Waals surface area contributed by atoms with Gasteiger partial charge in [-0.05, 0) is 54.1 Å². The fourth-order valence-electron chi connectivity index (χ4n) is 2.29. The van der Waals surface area contributed by atoms with E-state index in [1.807, 2.05) is 18.2 Å². The first kappa shape index (κ1) is 14.1. The van der Waals surface area contributed by atoms with Gasteiger partial charge in [0.05, 0.1) is 0 Å². The molecule has 1 nitrogen and oxygen atoms in total. The van der Waals surface area contributed by atoms with Crippen molar-refractivity contribution in [2.45, 2.75) is 19.8 Å². The number of rotatable bonds is 5. The lowest BCUT2D eigenvalue weighted by atomic mass is 9.96. The van der Waals surface area contributed by atoms with E-state index in [0.717, 1.165) is 30.0 Å². The van der Waals surface area contributed by atoms with Crippen molar-refractivity contribution in [3.05, 3.63) is 59.1 Å². The summed E-state index contributed by atoms with van der Waals surface area (Å²) < 4.78 is 0. The molecule has 0 radical (unpaired) electrons. The molecule has 0 heterocycles. The molecule has 2 aromatic rings. The van der Waals surface area contributed by atoms with Crippen LogP contribution >= 0.6 is 11.6 Å². The lowest BCUT2D eigenvalue weighted by Gasteiger charge is -2.10. The van der Waals surface area contributed by atoms with E-state index in [1.165, 1.54) is 11.1 Å². The Balaban J connectivity index is 2.10. The maximum atomic E-state index is 6.02. The molecule has 2 N–H and O–H groups in total. The summed E-state index contributed by atoms with van der Waals surface area (Å²) in [5, 5.41) is 0.776. The summed E-state index contributed by atoms with van der Waals surface area (Å²) in [6, 6.07) is 16.7. The zero-order valence-electron chi connectivity index (χ0n) is 11.3. The van der Waals surface area contributed by atoms with Crippen molar-refractivity contribution >= 4 is 11.6 Å². The summed E-state index contributed by atoms with van der Waals surface area (Å²) in [7, 11) is 0. The maximum Gasteiger partial charge on any atom is 0.0412 e. The third-order valence-corrected chi connectivity index (χ3v) is 3.59. The van der Waals surface area contributed by atoms with Gasteiger partial charge in [0.2, 0.25) is 0 Å². The van der Waals surface area contributed by atoms with E-state index >= 15 is 0 Å². The van der Waals surface area contributed by atoms with Crippen LogP contribution in [-0.4, -0.2) is 6.54 Å². The third-order valence-electron chi connectivity index (χ3n) is 3.36. The molecule has 0 saturated carbocycles. The summed E-state index contributed by atoms with van der Waals surface area (Å²) in [6.45, 7) is 3.01. The molecule has 1 atom stereocenters. The normalized spacial score (nSPS) is 12.4. The summed E-state index contributed by atoms with van der Waals surface area (Å²) >= 11 is 6.02. The third kappa shape index (κ3) is 4.09. The molecular weight excluding hydrogens is 254 g/mol. The number of halogens is 1. The minimum atomic E-state index is 0.641. The van der Waals surface area contributed by atoms with Crippen molar-refractivity contribution in [2.75, 3.05) is 6.54 Å². The highest BCUT2D eigenvalue weighted by atomic mass is 35.5. The Hall–Kier alpha value is -1.31. The van der Waals surface area contributed by atoms with Crippen LogP contribution in [0.5, 0.6) is 0 Å². The first-order valence-corrected chi connectivity index (χ1v) is 7.12. The number of benzene rings is 2. The van der Waals surface area contributed by atoms with Crippen LogP contribution in [0, 0.1) is 5.92 Å². The Kier molecular flexibility index (Phi) is 5.00. The lowest BCUT2D eigenvalue weighted by Crippen LogP contribution is -2.07. The standard InChI is InChI=1S/C17H20ClN/c1-13(9-10-19)11-14-5-7-15(8-6-14)16-3-2-4-17(18)12-16/h2-8,12-13H,9-11,19H2,1H3. The van der Waals surface area contributed by atoms with Gasteiger partial charge in [-0.2, -0.15) is 0 Å². The largest absolute Gasteiger partial charge is 0.330 e. The molecule has 0 amide bonds. The maximum absolute atomic E-state index is 6.02. The van der Waals surface area contributed by atoms with Gasteiger partial charge in [0, 0.05) is 5.02 Å². The fraction of sp³-hybridized carbons (Fsp3) is 0.294. The van der Waals surface area contributed by atoms with E-state index in [0.29, 0.717) is 5.92 Å². The van der Waals surface area contributed by atoms with Crippen LogP contribution in [0.2, 0.25) is 5.02 Å². The molecule has 0 saturated heterocycles. The second-order valence-electron chi connectivity index (χ2n) is 5.09. The summed E-state index contributed by atoms with van der Waals surface area (Å²) in [5.74, 6) is 0.641. The smallest absolute Gasteiger partial charge is 0.0412 e. The highest BCUT2D eigenvalue weighted by Gasteiger charge is 2.03. The molecular formula is C17H20ClN. The van der Waals surface area contributed by atoms with E-state index < -0.39 is 0 Å². The zero-order chi connectivity index (χ0) is 13.7. The van der Waals surface area contributed by atoms with Crippen molar-refractivity contribution in [2.24, 2.45) is 11.7 Å². The molecule has 0 fully saturated rings. The predicted molar refractivity (Wildman–Crippen MR) is 83.4 cm³/mol. The van der Waals surface area contributed by atoms with E-state index in [1.54, 1.807) is 0 Å². The SMILES string of the molecule is CC(CCN)Cc1ccc(-c2cccc(Cl)c2)cc1. The Morgan fingerprint density at radius 2 is 1.79 bits per heavy atom. The summed E-state index contributed by atoms with van der Waals surface area (Å²) in [6.07, 6.45) is 2.17. The van der Waals surface area contributed by atoms with Crippen LogP contribution in [0.3, 0.4) is 0 Å².